The average Bonchev–Trinajstić information content (AvgIpc) is 2.70. The van der Waals surface area contributed by atoms with Crippen molar-refractivity contribution in [2.45, 2.75) is 20.0 Å². The highest BCUT2D eigenvalue weighted by atomic mass is 16.5. The molecule has 0 aliphatic heterocycles. The van der Waals surface area contributed by atoms with Crippen LogP contribution in [0.15, 0.2) is 60.9 Å². The van der Waals surface area contributed by atoms with Crippen LogP contribution >= 0.6 is 0 Å². The van der Waals surface area contributed by atoms with Crippen molar-refractivity contribution < 1.29 is 14.3 Å². The quantitative estimate of drug-likeness (QED) is 0.639. The predicted octanol–water partition coefficient (Wildman–Crippen LogP) is 4.27. The van der Waals surface area contributed by atoms with Crippen molar-refractivity contribution in [2.75, 3.05) is 17.7 Å². The maximum atomic E-state index is 12.4. The van der Waals surface area contributed by atoms with Gasteiger partial charge in [0.15, 0.2) is 0 Å². The largest absolute Gasteiger partial charge is 0.495 e. The molecule has 0 fully saturated rings. The molecule has 1 aromatic heterocycles. The maximum absolute atomic E-state index is 12.4. The summed E-state index contributed by atoms with van der Waals surface area (Å²) in [6.07, 6.45) is 3.02. The highest BCUT2D eigenvalue weighted by Gasteiger charge is 2.10. The number of hydrogen-bond acceptors (Lipinski definition) is 6. The van der Waals surface area contributed by atoms with Gasteiger partial charge in [0.1, 0.15) is 23.0 Å². The van der Waals surface area contributed by atoms with Crippen LogP contribution in [-0.4, -0.2) is 29.1 Å². The molecule has 0 saturated heterocycles. The van der Waals surface area contributed by atoms with Crippen LogP contribution in [-0.2, 0) is 0 Å². The van der Waals surface area contributed by atoms with E-state index in [1.54, 1.807) is 19.2 Å². The molecule has 3 aromatic rings. The number of anilines is 3. The fraction of sp³-hybridized carbons (Fsp3) is 0.190. The number of nitrogens with zero attached hydrogens (tertiary/aromatic N) is 2. The summed E-state index contributed by atoms with van der Waals surface area (Å²) in [5.74, 6) is 1.61. The van der Waals surface area contributed by atoms with E-state index in [1.165, 1.54) is 12.4 Å². The van der Waals surface area contributed by atoms with E-state index in [-0.39, 0.29) is 17.7 Å². The minimum Gasteiger partial charge on any atom is -0.495 e. The normalized spacial score (nSPS) is 10.4. The SMILES string of the molecule is COc1ccccc1Nc1cnc(C(=O)Nc2ccc(OC(C)C)cc2)cn1. The second-order valence-electron chi connectivity index (χ2n) is 6.26. The third-order valence-corrected chi connectivity index (χ3v) is 3.74. The van der Waals surface area contributed by atoms with Gasteiger partial charge < -0.3 is 20.1 Å². The molecule has 7 nitrogen and oxygen atoms in total. The number of carbonyl (C=O) groups is 1. The molecule has 0 atom stereocenters. The topological polar surface area (TPSA) is 85.4 Å². The summed E-state index contributed by atoms with van der Waals surface area (Å²) in [6.45, 7) is 3.92. The lowest BCUT2D eigenvalue weighted by molar-refractivity contribution is 0.102. The lowest BCUT2D eigenvalue weighted by Gasteiger charge is -2.11. The summed E-state index contributed by atoms with van der Waals surface area (Å²) in [4.78, 5) is 20.8. The van der Waals surface area contributed by atoms with Gasteiger partial charge in [0.2, 0.25) is 0 Å². The van der Waals surface area contributed by atoms with Gasteiger partial charge in [-0.15, -0.1) is 0 Å². The first-order chi connectivity index (χ1) is 13.5. The molecule has 2 N–H and O–H groups in total. The predicted molar refractivity (Wildman–Crippen MR) is 108 cm³/mol. The second kappa shape index (κ2) is 8.85. The highest BCUT2D eigenvalue weighted by molar-refractivity contribution is 6.02. The Bertz CT molecular complexity index is 925. The Morgan fingerprint density at radius 3 is 2.39 bits per heavy atom. The van der Waals surface area contributed by atoms with Crippen LogP contribution in [0.4, 0.5) is 17.2 Å². The van der Waals surface area contributed by atoms with Gasteiger partial charge in [-0.25, -0.2) is 9.97 Å². The molecular weight excluding hydrogens is 356 g/mol. The minimum atomic E-state index is -0.339. The van der Waals surface area contributed by atoms with Crippen LogP contribution in [0.2, 0.25) is 0 Å². The molecule has 1 amide bonds. The number of ether oxygens (including phenoxy) is 2. The highest BCUT2D eigenvalue weighted by Crippen LogP contribution is 2.25. The molecule has 0 spiro atoms. The molecule has 2 aromatic carbocycles. The number of para-hydroxylation sites is 2. The third kappa shape index (κ3) is 4.97. The Morgan fingerprint density at radius 2 is 1.75 bits per heavy atom. The van der Waals surface area contributed by atoms with E-state index in [2.05, 4.69) is 20.6 Å². The van der Waals surface area contributed by atoms with E-state index in [9.17, 15) is 4.79 Å². The maximum Gasteiger partial charge on any atom is 0.275 e. The number of benzene rings is 2. The first-order valence-electron chi connectivity index (χ1n) is 8.85. The number of nitrogens with one attached hydrogen (secondary N) is 2. The van der Waals surface area contributed by atoms with Gasteiger partial charge in [0.25, 0.3) is 5.91 Å². The first kappa shape index (κ1) is 19.2. The van der Waals surface area contributed by atoms with E-state index in [0.717, 1.165) is 11.4 Å². The van der Waals surface area contributed by atoms with Gasteiger partial charge >= 0.3 is 0 Å². The summed E-state index contributed by atoms with van der Waals surface area (Å²) in [5, 5.41) is 5.91. The van der Waals surface area contributed by atoms with E-state index in [1.807, 2.05) is 50.2 Å². The van der Waals surface area contributed by atoms with Crippen molar-refractivity contribution in [3.8, 4) is 11.5 Å². The van der Waals surface area contributed by atoms with Gasteiger partial charge in [0, 0.05) is 5.69 Å². The zero-order valence-electron chi connectivity index (χ0n) is 16.0. The monoisotopic (exact) mass is 378 g/mol. The van der Waals surface area contributed by atoms with Crippen molar-refractivity contribution in [1.29, 1.82) is 0 Å². The minimum absolute atomic E-state index is 0.0960. The number of aromatic nitrogens is 2. The van der Waals surface area contributed by atoms with Crippen molar-refractivity contribution in [3.63, 3.8) is 0 Å². The van der Waals surface area contributed by atoms with E-state index < -0.39 is 0 Å². The first-order valence-corrected chi connectivity index (χ1v) is 8.85. The smallest absolute Gasteiger partial charge is 0.275 e. The van der Waals surface area contributed by atoms with Crippen LogP contribution < -0.4 is 20.1 Å². The Balaban J connectivity index is 1.63. The lowest BCUT2D eigenvalue weighted by atomic mass is 10.3. The van der Waals surface area contributed by atoms with Crippen molar-refractivity contribution >= 4 is 23.1 Å². The number of rotatable bonds is 7. The number of hydrogen-bond donors (Lipinski definition) is 2. The van der Waals surface area contributed by atoms with Crippen molar-refractivity contribution in [3.05, 3.63) is 66.6 Å². The summed E-state index contributed by atoms with van der Waals surface area (Å²) < 4.78 is 10.9. The molecule has 0 bridgehead atoms. The Kier molecular flexibility index (Phi) is 6.06. The molecule has 0 unspecified atom stereocenters. The standard InChI is InChI=1S/C21H22N4O3/c1-14(2)28-16-10-8-15(9-11-16)24-21(26)18-12-23-20(13-22-18)25-17-6-4-5-7-19(17)27-3/h4-14H,1-3H3,(H,23,25)(H,24,26). The molecular formula is C21H22N4O3. The molecule has 1 heterocycles. The number of carbonyl (C=O) groups excluding carboxylic acids is 1. The number of amides is 1. The van der Waals surface area contributed by atoms with Crippen LogP contribution in [0.3, 0.4) is 0 Å². The van der Waals surface area contributed by atoms with E-state index >= 15 is 0 Å². The van der Waals surface area contributed by atoms with Gasteiger partial charge in [-0.2, -0.15) is 0 Å². The zero-order chi connectivity index (χ0) is 19.9. The van der Waals surface area contributed by atoms with Crippen LogP contribution in [0.25, 0.3) is 0 Å². The van der Waals surface area contributed by atoms with Crippen molar-refractivity contribution in [2.24, 2.45) is 0 Å². The van der Waals surface area contributed by atoms with Gasteiger partial charge in [0.05, 0.1) is 31.3 Å². The molecule has 0 radical (unpaired) electrons. The molecule has 7 heteroatoms. The summed E-state index contributed by atoms with van der Waals surface area (Å²) >= 11 is 0. The Morgan fingerprint density at radius 1 is 1.00 bits per heavy atom. The summed E-state index contributed by atoms with van der Waals surface area (Å²) in [5.41, 5.74) is 1.63. The molecule has 3 rings (SSSR count). The van der Waals surface area contributed by atoms with Crippen molar-refractivity contribution in [1.82, 2.24) is 9.97 Å². The van der Waals surface area contributed by atoms with Gasteiger partial charge in [-0.3, -0.25) is 4.79 Å². The lowest BCUT2D eigenvalue weighted by Crippen LogP contribution is -2.14. The van der Waals surface area contributed by atoms with Crippen LogP contribution in [0, 0.1) is 0 Å². The summed E-state index contributed by atoms with van der Waals surface area (Å²) in [7, 11) is 1.60. The van der Waals surface area contributed by atoms with Crippen LogP contribution in [0.5, 0.6) is 11.5 Å². The van der Waals surface area contributed by atoms with Gasteiger partial charge in [-0.05, 0) is 50.2 Å². The third-order valence-electron chi connectivity index (χ3n) is 3.74. The van der Waals surface area contributed by atoms with E-state index in [4.69, 9.17) is 9.47 Å². The van der Waals surface area contributed by atoms with Gasteiger partial charge in [-0.1, -0.05) is 12.1 Å². The molecule has 0 aliphatic rings. The fourth-order valence-electron chi connectivity index (χ4n) is 2.48. The second-order valence-corrected chi connectivity index (χ2v) is 6.26. The summed E-state index contributed by atoms with van der Waals surface area (Å²) in [6, 6.07) is 14.6. The molecule has 0 aliphatic carbocycles. The Hall–Kier alpha value is -3.61. The Labute approximate surface area is 163 Å². The fourth-order valence-corrected chi connectivity index (χ4v) is 2.48. The van der Waals surface area contributed by atoms with E-state index in [0.29, 0.717) is 17.3 Å². The number of methoxy groups -OCH3 is 1. The average molecular weight is 378 g/mol. The zero-order valence-corrected chi connectivity index (χ0v) is 16.0. The molecule has 0 saturated carbocycles. The molecule has 28 heavy (non-hydrogen) atoms. The van der Waals surface area contributed by atoms with Crippen LogP contribution in [0.1, 0.15) is 24.3 Å². The molecule has 144 valence electrons.